The molecule has 1 atom stereocenters. The third kappa shape index (κ3) is 8.32. The minimum Gasteiger partial charge on any atom is -0.497 e. The fourth-order valence-corrected chi connectivity index (χ4v) is 6.81. The monoisotopic (exact) mass is 629 g/mol. The summed E-state index contributed by atoms with van der Waals surface area (Å²) in [6.07, 6.45) is 4.37. The van der Waals surface area contributed by atoms with Crippen LogP contribution in [0.2, 0.25) is 0 Å². The molecule has 0 saturated carbocycles. The Labute approximate surface area is 261 Å². The summed E-state index contributed by atoms with van der Waals surface area (Å²) < 4.78 is 51.4. The summed E-state index contributed by atoms with van der Waals surface area (Å²) in [4.78, 5) is 21.2. The van der Waals surface area contributed by atoms with E-state index >= 15 is 0 Å². The predicted octanol–water partition coefficient (Wildman–Crippen LogP) is 5.50. The Kier molecular flexibility index (Phi) is 11.0. The molecule has 0 unspecified atom stereocenters. The number of rotatable bonds is 13. The number of hydrogen-bond donors (Lipinski definition) is 2. The lowest BCUT2D eigenvalue weighted by Gasteiger charge is -2.42. The van der Waals surface area contributed by atoms with Gasteiger partial charge in [0.1, 0.15) is 5.75 Å². The highest BCUT2D eigenvalue weighted by Crippen LogP contribution is 2.42. The number of pyridine rings is 1. The number of carboxylic acid groups (broad SMARTS) is 1. The van der Waals surface area contributed by atoms with E-state index in [1.54, 1.807) is 7.11 Å². The zero-order valence-corrected chi connectivity index (χ0v) is 25.7. The van der Waals surface area contributed by atoms with E-state index in [9.17, 15) is 28.2 Å². The number of carboxylic acids is 1. The Balaban J connectivity index is 1.26. The molecule has 45 heavy (non-hydrogen) atoms. The number of halogens is 3. The minimum absolute atomic E-state index is 0.0211. The Morgan fingerprint density at radius 2 is 1.78 bits per heavy atom. The normalized spacial score (nSPS) is 18.2. The number of ether oxygens (including phenoxy) is 2. The van der Waals surface area contributed by atoms with Gasteiger partial charge >= 0.3 is 5.97 Å². The van der Waals surface area contributed by atoms with Crippen molar-refractivity contribution in [1.82, 2.24) is 14.8 Å². The molecule has 2 aliphatic rings. The Bertz CT molecular complexity index is 1450. The van der Waals surface area contributed by atoms with Crippen LogP contribution in [-0.4, -0.2) is 84.0 Å². The second-order valence-corrected chi connectivity index (χ2v) is 12.4. The number of nitrogens with zero attached hydrogens (tertiary/aromatic N) is 3. The van der Waals surface area contributed by atoms with Crippen LogP contribution >= 0.6 is 0 Å². The quantitative estimate of drug-likeness (QED) is 0.240. The molecule has 0 aliphatic carbocycles. The van der Waals surface area contributed by atoms with E-state index in [0.29, 0.717) is 89.2 Å². The molecule has 2 fully saturated rings. The predicted molar refractivity (Wildman–Crippen MR) is 164 cm³/mol. The molecule has 0 amide bonds. The first-order valence-electron chi connectivity index (χ1n) is 15.7. The van der Waals surface area contributed by atoms with E-state index in [4.69, 9.17) is 9.47 Å². The molecule has 2 N–H and O–H groups in total. The van der Waals surface area contributed by atoms with Crippen LogP contribution in [0.25, 0.3) is 10.9 Å². The Morgan fingerprint density at radius 1 is 1.07 bits per heavy atom. The molecule has 0 radical (unpaired) electrons. The van der Waals surface area contributed by atoms with Gasteiger partial charge in [0.15, 0.2) is 17.5 Å². The van der Waals surface area contributed by atoms with Crippen molar-refractivity contribution in [2.75, 3.05) is 53.0 Å². The zero-order chi connectivity index (χ0) is 32.0. The number of hydrogen-bond acceptors (Lipinski definition) is 7. The molecule has 0 bridgehead atoms. The highest BCUT2D eigenvalue weighted by atomic mass is 19.2. The summed E-state index contributed by atoms with van der Waals surface area (Å²) in [5.41, 5.74) is 2.45. The molecule has 1 aromatic heterocycles. The van der Waals surface area contributed by atoms with Crippen LogP contribution in [0, 0.1) is 22.9 Å². The van der Waals surface area contributed by atoms with E-state index in [1.165, 1.54) is 0 Å². The molecule has 11 heteroatoms. The first-order valence-corrected chi connectivity index (χ1v) is 15.7. The fraction of sp³-hybridized carbons (Fsp3) is 0.529. The van der Waals surface area contributed by atoms with Crippen LogP contribution < -0.4 is 4.74 Å². The molecular formula is C34H42F3N3O5. The molecule has 2 aliphatic heterocycles. The van der Waals surface area contributed by atoms with Crippen LogP contribution in [-0.2, 0) is 22.5 Å². The van der Waals surface area contributed by atoms with Gasteiger partial charge in [0.2, 0.25) is 0 Å². The van der Waals surface area contributed by atoms with Gasteiger partial charge in [-0.2, -0.15) is 0 Å². The van der Waals surface area contributed by atoms with Crippen molar-refractivity contribution in [1.29, 1.82) is 0 Å². The minimum atomic E-state index is -1.46. The maximum Gasteiger partial charge on any atom is 0.303 e. The Morgan fingerprint density at radius 3 is 2.44 bits per heavy atom. The van der Waals surface area contributed by atoms with E-state index in [0.717, 1.165) is 47.3 Å². The number of methoxy groups -OCH3 is 1. The lowest BCUT2D eigenvalue weighted by molar-refractivity contribution is -0.141. The van der Waals surface area contributed by atoms with Crippen LogP contribution in [0.3, 0.4) is 0 Å². The number of aryl methyl sites for hydroxylation is 1. The van der Waals surface area contributed by atoms with Gasteiger partial charge in [-0.05, 0) is 111 Å². The molecular weight excluding hydrogens is 587 g/mol. The molecule has 2 aromatic carbocycles. The summed E-state index contributed by atoms with van der Waals surface area (Å²) in [7, 11) is 1.60. The number of fused-ring (bicyclic) bond motifs is 1. The number of carbonyl (C=O) groups is 1. The van der Waals surface area contributed by atoms with Gasteiger partial charge in [-0.1, -0.05) is 0 Å². The van der Waals surface area contributed by atoms with E-state index in [1.807, 2.05) is 24.4 Å². The molecule has 2 saturated heterocycles. The number of likely N-dealkylation sites (tertiary alicyclic amines) is 1. The van der Waals surface area contributed by atoms with E-state index in [2.05, 4.69) is 14.8 Å². The standard InChI is InChI=1S/C34H42F3N3O5/c1-44-25-4-5-29-26(19-25)32(24(21-38-29)22-40-13-15-45-16-14-40)30(41)6-7-34(20-31(42)43)8-11-39(12-9-34)10-2-3-23-17-27(35)33(37)28(36)18-23/h4-5,17-19,21,30,41H,2-3,6-16,20,22H2,1H3,(H,42,43)/t30-/m1/s1. The third-order valence-corrected chi connectivity index (χ3v) is 9.40. The second kappa shape index (κ2) is 14.9. The second-order valence-electron chi connectivity index (χ2n) is 12.4. The number of morpholine rings is 1. The largest absolute Gasteiger partial charge is 0.497 e. The number of aromatic nitrogens is 1. The van der Waals surface area contributed by atoms with Crippen molar-refractivity contribution in [2.45, 2.75) is 57.6 Å². The van der Waals surface area contributed by atoms with Gasteiger partial charge in [0, 0.05) is 31.2 Å². The molecule has 8 nitrogen and oxygen atoms in total. The fourth-order valence-electron chi connectivity index (χ4n) is 6.81. The summed E-state index contributed by atoms with van der Waals surface area (Å²) in [5.74, 6) is -4.01. The van der Waals surface area contributed by atoms with Gasteiger partial charge < -0.3 is 24.6 Å². The van der Waals surface area contributed by atoms with Crippen molar-refractivity contribution < 1.29 is 37.7 Å². The van der Waals surface area contributed by atoms with Crippen molar-refractivity contribution in [2.24, 2.45) is 5.41 Å². The van der Waals surface area contributed by atoms with E-state index < -0.39 is 34.9 Å². The molecule has 3 aromatic rings. The van der Waals surface area contributed by atoms with Crippen molar-refractivity contribution in [3.63, 3.8) is 0 Å². The highest BCUT2D eigenvalue weighted by molar-refractivity contribution is 5.85. The van der Waals surface area contributed by atoms with Gasteiger partial charge in [-0.3, -0.25) is 14.7 Å². The van der Waals surface area contributed by atoms with Crippen molar-refractivity contribution in [3.05, 3.63) is 70.7 Å². The van der Waals surface area contributed by atoms with Crippen molar-refractivity contribution >= 4 is 16.9 Å². The number of aliphatic carboxylic acids is 1. The number of benzene rings is 2. The number of piperidine rings is 1. The van der Waals surface area contributed by atoms with Crippen LogP contribution in [0.4, 0.5) is 13.2 Å². The molecule has 244 valence electrons. The van der Waals surface area contributed by atoms with E-state index in [-0.39, 0.29) is 6.42 Å². The van der Waals surface area contributed by atoms with Crippen LogP contribution in [0.15, 0.2) is 36.5 Å². The van der Waals surface area contributed by atoms with Crippen LogP contribution in [0.1, 0.15) is 61.3 Å². The number of aliphatic hydroxyl groups is 1. The molecule has 0 spiro atoms. The zero-order valence-electron chi connectivity index (χ0n) is 25.7. The van der Waals surface area contributed by atoms with Gasteiger partial charge in [-0.15, -0.1) is 0 Å². The SMILES string of the molecule is COc1ccc2ncc(CN3CCOCC3)c([C@H](O)CCC3(CC(=O)O)CCN(CCCc4cc(F)c(F)c(F)c4)CC3)c2c1. The topological polar surface area (TPSA) is 95.4 Å². The maximum atomic E-state index is 13.6. The number of aliphatic hydroxyl groups excluding tert-OH is 1. The summed E-state index contributed by atoms with van der Waals surface area (Å²) >= 11 is 0. The summed E-state index contributed by atoms with van der Waals surface area (Å²) in [5, 5.41) is 22.4. The average molecular weight is 630 g/mol. The molecule has 3 heterocycles. The average Bonchev–Trinajstić information content (AvgIpc) is 3.03. The maximum absolute atomic E-state index is 13.6. The smallest absolute Gasteiger partial charge is 0.303 e. The lowest BCUT2D eigenvalue weighted by Crippen LogP contribution is -2.41. The van der Waals surface area contributed by atoms with Gasteiger partial charge in [0.25, 0.3) is 0 Å². The third-order valence-electron chi connectivity index (χ3n) is 9.40. The lowest BCUT2D eigenvalue weighted by atomic mass is 9.71. The summed E-state index contributed by atoms with van der Waals surface area (Å²) in [6, 6.07) is 7.70. The summed E-state index contributed by atoms with van der Waals surface area (Å²) in [6.45, 7) is 5.59. The highest BCUT2D eigenvalue weighted by Gasteiger charge is 2.37. The van der Waals surface area contributed by atoms with Crippen LogP contribution in [0.5, 0.6) is 5.75 Å². The first kappa shape index (κ1) is 33.1. The van der Waals surface area contributed by atoms with Gasteiger partial charge in [0.05, 0.1) is 38.4 Å². The molecule has 5 rings (SSSR count). The Hall–Kier alpha value is -3.25. The van der Waals surface area contributed by atoms with Crippen molar-refractivity contribution in [3.8, 4) is 5.75 Å². The van der Waals surface area contributed by atoms with Gasteiger partial charge in [-0.25, -0.2) is 13.2 Å². The first-order chi connectivity index (χ1) is 21.7.